The van der Waals surface area contributed by atoms with Crippen molar-refractivity contribution in [1.29, 1.82) is 0 Å². The number of carbonyl (C=O) groups excluding carboxylic acids is 1. The molecule has 0 atom stereocenters. The predicted octanol–water partition coefficient (Wildman–Crippen LogP) is 5.58. The van der Waals surface area contributed by atoms with Crippen LogP contribution in [0, 0.1) is 0 Å². The number of ketones is 1. The molecule has 0 radical (unpaired) electrons. The molecule has 1 N–H and O–H groups in total. The molecule has 0 bridgehead atoms. The lowest BCUT2D eigenvalue weighted by Gasteiger charge is -2.15. The number of hydrogen-bond acceptors (Lipinski definition) is 7. The molecule has 7 heteroatoms. The van der Waals surface area contributed by atoms with Crippen molar-refractivity contribution in [1.82, 2.24) is 0 Å². The summed E-state index contributed by atoms with van der Waals surface area (Å²) in [7, 11) is 7.91. The van der Waals surface area contributed by atoms with Crippen LogP contribution in [0.4, 0.5) is 5.69 Å². The number of rotatable bonds is 12. The van der Waals surface area contributed by atoms with Gasteiger partial charge < -0.3 is 29.0 Å². The maximum absolute atomic E-state index is 12.5. The Morgan fingerprint density at radius 2 is 1.34 bits per heavy atom. The summed E-state index contributed by atoms with van der Waals surface area (Å²) in [6.07, 6.45) is 4.24. The predicted molar refractivity (Wildman–Crippen MR) is 138 cm³/mol. The van der Waals surface area contributed by atoms with Crippen LogP contribution in [0.5, 0.6) is 28.7 Å². The standard InChI is InChI=1S/C28H31NO6/c1-31-24-17-21(12-11-19-15-26(33-3)28(35-5)27(16-19)34-4)22(18-25(24)32-2)29-14-13-23(30)20-9-7-6-8-10-20/h6-12,15-18,29H,13-14H2,1-5H3/b12-11-. The average molecular weight is 478 g/mol. The first-order valence-corrected chi connectivity index (χ1v) is 11.1. The second kappa shape index (κ2) is 12.4. The Morgan fingerprint density at radius 3 is 1.91 bits per heavy atom. The van der Waals surface area contributed by atoms with E-state index in [9.17, 15) is 4.79 Å². The highest BCUT2D eigenvalue weighted by Crippen LogP contribution is 2.39. The van der Waals surface area contributed by atoms with Crippen LogP contribution in [0.15, 0.2) is 54.6 Å². The summed E-state index contributed by atoms with van der Waals surface area (Å²) in [6.45, 7) is 0.467. The van der Waals surface area contributed by atoms with Gasteiger partial charge in [0.05, 0.1) is 35.5 Å². The molecular formula is C28H31NO6. The molecule has 184 valence electrons. The van der Waals surface area contributed by atoms with E-state index < -0.39 is 0 Å². The Morgan fingerprint density at radius 1 is 0.743 bits per heavy atom. The van der Waals surface area contributed by atoms with Gasteiger partial charge in [-0.05, 0) is 23.8 Å². The molecule has 0 aliphatic rings. The lowest BCUT2D eigenvalue weighted by atomic mass is 10.1. The van der Waals surface area contributed by atoms with Gasteiger partial charge in [0.1, 0.15) is 0 Å². The topological polar surface area (TPSA) is 75.3 Å². The molecule has 0 aliphatic carbocycles. The Balaban J connectivity index is 1.88. The normalized spacial score (nSPS) is 10.7. The number of nitrogens with one attached hydrogen (secondary N) is 1. The van der Waals surface area contributed by atoms with Crippen LogP contribution < -0.4 is 29.0 Å². The van der Waals surface area contributed by atoms with E-state index in [4.69, 9.17) is 23.7 Å². The molecule has 7 nitrogen and oxygen atoms in total. The van der Waals surface area contributed by atoms with Gasteiger partial charge in [0.25, 0.3) is 0 Å². The van der Waals surface area contributed by atoms with Crippen LogP contribution in [-0.4, -0.2) is 47.9 Å². The minimum absolute atomic E-state index is 0.0769. The number of hydrogen-bond donors (Lipinski definition) is 1. The van der Waals surface area contributed by atoms with Crippen molar-refractivity contribution in [3.05, 3.63) is 71.3 Å². The van der Waals surface area contributed by atoms with Crippen LogP contribution in [-0.2, 0) is 0 Å². The zero-order chi connectivity index (χ0) is 25.2. The highest BCUT2D eigenvalue weighted by atomic mass is 16.5. The Hall–Kier alpha value is -4.13. The summed E-state index contributed by atoms with van der Waals surface area (Å²) < 4.78 is 27.3. The molecule has 3 rings (SSSR count). The summed E-state index contributed by atoms with van der Waals surface area (Å²) in [5.74, 6) is 2.93. The summed E-state index contributed by atoms with van der Waals surface area (Å²) in [4.78, 5) is 12.5. The first kappa shape index (κ1) is 25.5. The van der Waals surface area contributed by atoms with Crippen LogP contribution >= 0.6 is 0 Å². The number of anilines is 1. The van der Waals surface area contributed by atoms with Crippen molar-refractivity contribution >= 4 is 23.6 Å². The van der Waals surface area contributed by atoms with Crippen molar-refractivity contribution in [2.75, 3.05) is 47.4 Å². The average Bonchev–Trinajstić information content (AvgIpc) is 2.91. The fraction of sp³-hybridized carbons (Fsp3) is 0.250. The van der Waals surface area contributed by atoms with Gasteiger partial charge in [-0.3, -0.25) is 4.79 Å². The minimum Gasteiger partial charge on any atom is -0.493 e. The quantitative estimate of drug-likeness (QED) is 0.269. The lowest BCUT2D eigenvalue weighted by Crippen LogP contribution is -2.10. The van der Waals surface area contributed by atoms with E-state index in [2.05, 4.69) is 5.32 Å². The maximum atomic E-state index is 12.5. The molecule has 0 amide bonds. The fourth-order valence-corrected chi connectivity index (χ4v) is 3.65. The molecule has 0 aromatic heterocycles. The van der Waals surface area contributed by atoms with Crippen LogP contribution in [0.2, 0.25) is 0 Å². The smallest absolute Gasteiger partial charge is 0.203 e. The second-order valence-corrected chi connectivity index (χ2v) is 7.55. The van der Waals surface area contributed by atoms with Gasteiger partial charge in [-0.1, -0.05) is 42.5 Å². The maximum Gasteiger partial charge on any atom is 0.203 e. The van der Waals surface area contributed by atoms with Crippen LogP contribution in [0.25, 0.3) is 12.2 Å². The second-order valence-electron chi connectivity index (χ2n) is 7.55. The number of benzene rings is 3. The zero-order valence-corrected chi connectivity index (χ0v) is 20.7. The molecule has 0 saturated carbocycles. The number of ether oxygens (including phenoxy) is 5. The summed E-state index contributed by atoms with van der Waals surface area (Å²) in [6, 6.07) is 16.7. The molecule has 3 aromatic carbocycles. The van der Waals surface area contributed by atoms with Crippen LogP contribution in [0.1, 0.15) is 27.9 Å². The monoisotopic (exact) mass is 477 g/mol. The Kier molecular flexibility index (Phi) is 9.01. The van der Waals surface area contributed by atoms with Crippen molar-refractivity contribution in [2.24, 2.45) is 0 Å². The van der Waals surface area contributed by atoms with E-state index in [0.29, 0.717) is 47.3 Å². The summed E-state index contributed by atoms with van der Waals surface area (Å²) >= 11 is 0. The van der Waals surface area contributed by atoms with Crippen molar-refractivity contribution < 1.29 is 28.5 Å². The van der Waals surface area contributed by atoms with Gasteiger partial charge in [0, 0.05) is 35.8 Å². The number of carbonyl (C=O) groups is 1. The Bertz CT molecular complexity index is 1150. The largest absolute Gasteiger partial charge is 0.493 e. The van der Waals surface area contributed by atoms with Gasteiger partial charge in [-0.15, -0.1) is 0 Å². The molecule has 0 heterocycles. The van der Waals surface area contributed by atoms with E-state index in [1.54, 1.807) is 35.5 Å². The Labute approximate surface area is 206 Å². The molecule has 35 heavy (non-hydrogen) atoms. The van der Waals surface area contributed by atoms with Gasteiger partial charge in [-0.2, -0.15) is 0 Å². The van der Waals surface area contributed by atoms with Crippen molar-refractivity contribution in [3.8, 4) is 28.7 Å². The zero-order valence-electron chi connectivity index (χ0n) is 20.7. The molecule has 0 fully saturated rings. The molecule has 0 unspecified atom stereocenters. The first-order chi connectivity index (χ1) is 17.0. The number of Topliss-reactive ketones (excluding diaryl/α,β-unsaturated/α-hetero) is 1. The highest BCUT2D eigenvalue weighted by Gasteiger charge is 2.14. The molecule has 0 spiro atoms. The third kappa shape index (κ3) is 6.26. The van der Waals surface area contributed by atoms with Gasteiger partial charge in [0.2, 0.25) is 5.75 Å². The first-order valence-electron chi connectivity index (χ1n) is 11.1. The van der Waals surface area contributed by atoms with Gasteiger partial charge in [-0.25, -0.2) is 0 Å². The van der Waals surface area contributed by atoms with Gasteiger partial charge >= 0.3 is 0 Å². The molecule has 3 aromatic rings. The third-order valence-electron chi connectivity index (χ3n) is 5.46. The third-order valence-corrected chi connectivity index (χ3v) is 5.46. The van der Waals surface area contributed by atoms with E-state index in [1.165, 1.54) is 0 Å². The van der Waals surface area contributed by atoms with Crippen molar-refractivity contribution in [3.63, 3.8) is 0 Å². The van der Waals surface area contributed by atoms with E-state index >= 15 is 0 Å². The molecule has 0 aliphatic heterocycles. The highest BCUT2D eigenvalue weighted by molar-refractivity contribution is 5.96. The lowest BCUT2D eigenvalue weighted by molar-refractivity contribution is 0.0986. The van der Waals surface area contributed by atoms with E-state index in [-0.39, 0.29) is 5.78 Å². The SMILES string of the molecule is COc1cc(/C=C\c2cc(OC)c(OC)c(OC)c2)c(NCCC(=O)c2ccccc2)cc1OC. The minimum atomic E-state index is 0.0769. The fourth-order valence-electron chi connectivity index (χ4n) is 3.65. The van der Waals surface area contributed by atoms with E-state index in [1.807, 2.05) is 66.7 Å². The van der Waals surface area contributed by atoms with Gasteiger partial charge in [0.15, 0.2) is 28.8 Å². The van der Waals surface area contributed by atoms with E-state index in [0.717, 1.165) is 16.8 Å². The van der Waals surface area contributed by atoms with Crippen LogP contribution in [0.3, 0.4) is 0 Å². The summed E-state index contributed by atoms with van der Waals surface area (Å²) in [5, 5.41) is 3.36. The molecular weight excluding hydrogens is 446 g/mol. The number of methoxy groups -OCH3 is 5. The van der Waals surface area contributed by atoms with Crippen molar-refractivity contribution in [2.45, 2.75) is 6.42 Å². The summed E-state index contributed by atoms with van der Waals surface area (Å²) in [5.41, 5.74) is 3.24. The molecule has 0 saturated heterocycles.